The Hall–Kier alpha value is -1.53. The lowest BCUT2D eigenvalue weighted by molar-refractivity contribution is -0.144. The van der Waals surface area contributed by atoms with Crippen LogP contribution in [0.15, 0.2) is 18.2 Å². The number of hydrogen-bond donors (Lipinski definition) is 2. The van der Waals surface area contributed by atoms with Crippen molar-refractivity contribution in [3.8, 4) is 0 Å². The fourth-order valence-corrected chi connectivity index (χ4v) is 2.25. The number of nitrogens with zero attached hydrogens (tertiary/aromatic N) is 1. The quantitative estimate of drug-likeness (QED) is 0.773. The normalized spacial score (nSPS) is 14.2. The standard InChI is InChI=1S/C15H22F2N2O2/c1-4-19(5-2)10-9-18-15(3,14(20)21)13-11(16)7-6-8-12(13)17/h6-8,18H,4-5,9-10H2,1-3H3,(H,20,21). The van der Waals surface area contributed by atoms with Gasteiger partial charge in [0.2, 0.25) is 0 Å². The zero-order valence-electron chi connectivity index (χ0n) is 12.6. The summed E-state index contributed by atoms with van der Waals surface area (Å²) in [5, 5.41) is 12.2. The van der Waals surface area contributed by atoms with Crippen LogP contribution in [0.4, 0.5) is 8.78 Å². The fourth-order valence-electron chi connectivity index (χ4n) is 2.25. The minimum Gasteiger partial charge on any atom is -0.480 e. The summed E-state index contributed by atoms with van der Waals surface area (Å²) in [6, 6.07) is 3.34. The van der Waals surface area contributed by atoms with Crippen molar-refractivity contribution in [1.82, 2.24) is 10.2 Å². The molecular weight excluding hydrogens is 278 g/mol. The Labute approximate surface area is 123 Å². The molecule has 0 amide bonds. The van der Waals surface area contributed by atoms with Gasteiger partial charge in [-0.25, -0.2) is 13.6 Å². The second-order valence-corrected chi connectivity index (χ2v) is 4.98. The average Bonchev–Trinajstić information content (AvgIpc) is 2.43. The first-order chi connectivity index (χ1) is 9.86. The summed E-state index contributed by atoms with van der Waals surface area (Å²) in [6.07, 6.45) is 0. The van der Waals surface area contributed by atoms with Gasteiger partial charge in [-0.15, -0.1) is 0 Å². The molecule has 1 rings (SSSR count). The van der Waals surface area contributed by atoms with Crippen LogP contribution >= 0.6 is 0 Å². The highest BCUT2D eigenvalue weighted by molar-refractivity contribution is 5.80. The summed E-state index contributed by atoms with van der Waals surface area (Å²) >= 11 is 0. The van der Waals surface area contributed by atoms with Crippen LogP contribution in [-0.4, -0.2) is 42.2 Å². The molecule has 0 aliphatic heterocycles. The molecule has 1 aromatic carbocycles. The molecule has 21 heavy (non-hydrogen) atoms. The van der Waals surface area contributed by atoms with Gasteiger partial charge in [0.25, 0.3) is 0 Å². The van der Waals surface area contributed by atoms with Crippen molar-refractivity contribution in [3.63, 3.8) is 0 Å². The maximum atomic E-state index is 13.9. The molecule has 1 atom stereocenters. The molecule has 118 valence electrons. The Morgan fingerprint density at radius 2 is 1.81 bits per heavy atom. The Kier molecular flexibility index (Phi) is 6.23. The van der Waals surface area contributed by atoms with Gasteiger partial charge in [-0.05, 0) is 32.1 Å². The number of benzene rings is 1. The van der Waals surface area contributed by atoms with E-state index >= 15 is 0 Å². The van der Waals surface area contributed by atoms with E-state index in [0.717, 1.165) is 25.2 Å². The van der Waals surface area contributed by atoms with Crippen molar-refractivity contribution in [2.75, 3.05) is 26.2 Å². The third-order valence-corrected chi connectivity index (χ3v) is 3.69. The minimum atomic E-state index is -1.80. The highest BCUT2D eigenvalue weighted by atomic mass is 19.1. The first-order valence-corrected chi connectivity index (χ1v) is 7.02. The van der Waals surface area contributed by atoms with E-state index in [9.17, 15) is 18.7 Å². The smallest absolute Gasteiger partial charge is 0.328 e. The third-order valence-electron chi connectivity index (χ3n) is 3.69. The van der Waals surface area contributed by atoms with Crippen LogP contribution in [0.1, 0.15) is 26.3 Å². The number of carbonyl (C=O) groups is 1. The zero-order valence-corrected chi connectivity index (χ0v) is 12.6. The van der Waals surface area contributed by atoms with Crippen LogP contribution in [0.3, 0.4) is 0 Å². The zero-order chi connectivity index (χ0) is 16.0. The van der Waals surface area contributed by atoms with E-state index < -0.39 is 28.7 Å². The van der Waals surface area contributed by atoms with Gasteiger partial charge in [-0.2, -0.15) is 0 Å². The highest BCUT2D eigenvalue weighted by Crippen LogP contribution is 2.26. The Morgan fingerprint density at radius 1 is 1.29 bits per heavy atom. The van der Waals surface area contributed by atoms with E-state index in [4.69, 9.17) is 0 Å². The van der Waals surface area contributed by atoms with E-state index in [1.54, 1.807) is 0 Å². The second kappa shape index (κ2) is 7.47. The first kappa shape index (κ1) is 17.5. The van der Waals surface area contributed by atoms with Gasteiger partial charge in [-0.1, -0.05) is 19.9 Å². The summed E-state index contributed by atoms with van der Waals surface area (Å²) < 4.78 is 27.7. The lowest BCUT2D eigenvalue weighted by Crippen LogP contribution is -2.50. The van der Waals surface area contributed by atoms with Gasteiger partial charge in [0.1, 0.15) is 17.2 Å². The topological polar surface area (TPSA) is 52.6 Å². The molecule has 2 N–H and O–H groups in total. The van der Waals surface area contributed by atoms with E-state index in [1.165, 1.54) is 13.0 Å². The van der Waals surface area contributed by atoms with Crippen molar-refractivity contribution >= 4 is 5.97 Å². The lowest BCUT2D eigenvalue weighted by Gasteiger charge is -2.29. The Balaban J connectivity index is 2.97. The van der Waals surface area contributed by atoms with Crippen LogP contribution in [0.25, 0.3) is 0 Å². The molecule has 0 fully saturated rings. The molecule has 1 unspecified atom stereocenters. The van der Waals surface area contributed by atoms with Gasteiger partial charge in [0, 0.05) is 13.1 Å². The molecule has 0 aliphatic rings. The lowest BCUT2D eigenvalue weighted by atomic mass is 9.91. The number of hydrogen-bond acceptors (Lipinski definition) is 3. The van der Waals surface area contributed by atoms with Crippen LogP contribution in [0, 0.1) is 11.6 Å². The average molecular weight is 300 g/mol. The summed E-state index contributed by atoms with van der Waals surface area (Å²) in [5.41, 5.74) is -2.26. The second-order valence-electron chi connectivity index (χ2n) is 4.98. The van der Waals surface area contributed by atoms with Gasteiger partial charge in [0.15, 0.2) is 0 Å². The summed E-state index contributed by atoms with van der Waals surface area (Å²) in [6.45, 7) is 7.85. The predicted molar refractivity (Wildman–Crippen MR) is 77.1 cm³/mol. The number of nitrogens with one attached hydrogen (secondary N) is 1. The Bertz CT molecular complexity index is 472. The van der Waals surface area contributed by atoms with Crippen molar-refractivity contribution in [1.29, 1.82) is 0 Å². The largest absolute Gasteiger partial charge is 0.480 e. The number of carboxylic acid groups (broad SMARTS) is 1. The molecule has 0 spiro atoms. The summed E-state index contributed by atoms with van der Waals surface area (Å²) in [4.78, 5) is 13.6. The van der Waals surface area contributed by atoms with Crippen LogP contribution in [0.2, 0.25) is 0 Å². The molecule has 0 heterocycles. The molecule has 0 radical (unpaired) electrons. The number of halogens is 2. The van der Waals surface area contributed by atoms with Crippen molar-refractivity contribution in [2.45, 2.75) is 26.3 Å². The Morgan fingerprint density at radius 3 is 2.24 bits per heavy atom. The molecule has 4 nitrogen and oxygen atoms in total. The number of likely N-dealkylation sites (N-methyl/N-ethyl adjacent to an activating group) is 1. The molecule has 0 aliphatic carbocycles. The number of aliphatic carboxylic acids is 1. The summed E-state index contributed by atoms with van der Waals surface area (Å²) in [7, 11) is 0. The van der Waals surface area contributed by atoms with Crippen LogP contribution < -0.4 is 5.32 Å². The van der Waals surface area contributed by atoms with E-state index in [0.29, 0.717) is 13.1 Å². The first-order valence-electron chi connectivity index (χ1n) is 7.02. The molecule has 6 heteroatoms. The molecular formula is C15H22F2N2O2. The molecule has 1 aromatic rings. The summed E-state index contributed by atoms with van der Waals surface area (Å²) in [5.74, 6) is -3.04. The van der Waals surface area contributed by atoms with Crippen molar-refractivity contribution in [2.24, 2.45) is 0 Å². The van der Waals surface area contributed by atoms with E-state index in [1.807, 2.05) is 13.8 Å². The number of rotatable bonds is 8. The van der Waals surface area contributed by atoms with Crippen molar-refractivity contribution < 1.29 is 18.7 Å². The molecule has 0 aromatic heterocycles. The van der Waals surface area contributed by atoms with E-state index in [2.05, 4.69) is 10.2 Å². The minimum absolute atomic E-state index is 0.318. The maximum Gasteiger partial charge on any atom is 0.328 e. The monoisotopic (exact) mass is 300 g/mol. The molecule has 0 saturated carbocycles. The predicted octanol–water partition coefficient (Wildman–Crippen LogP) is 2.20. The molecule has 0 saturated heterocycles. The van der Waals surface area contributed by atoms with Gasteiger partial charge < -0.3 is 10.0 Å². The van der Waals surface area contributed by atoms with Crippen molar-refractivity contribution in [3.05, 3.63) is 35.4 Å². The third kappa shape index (κ3) is 3.98. The van der Waals surface area contributed by atoms with Gasteiger partial charge in [0.05, 0.1) is 5.56 Å². The van der Waals surface area contributed by atoms with Gasteiger partial charge >= 0.3 is 5.97 Å². The highest BCUT2D eigenvalue weighted by Gasteiger charge is 2.39. The fraction of sp³-hybridized carbons (Fsp3) is 0.533. The number of carboxylic acids is 1. The maximum absolute atomic E-state index is 13.9. The van der Waals surface area contributed by atoms with Crippen LogP contribution in [-0.2, 0) is 10.3 Å². The van der Waals surface area contributed by atoms with Gasteiger partial charge in [-0.3, -0.25) is 5.32 Å². The van der Waals surface area contributed by atoms with E-state index in [-0.39, 0.29) is 0 Å². The SMILES string of the molecule is CCN(CC)CCNC(C)(C(=O)O)c1c(F)cccc1F. The molecule has 0 bridgehead atoms. The van der Waals surface area contributed by atoms with Crippen LogP contribution in [0.5, 0.6) is 0 Å².